The van der Waals surface area contributed by atoms with E-state index in [9.17, 15) is 9.59 Å². The summed E-state index contributed by atoms with van der Waals surface area (Å²) in [6.07, 6.45) is 3.76. The van der Waals surface area contributed by atoms with Crippen molar-refractivity contribution in [2.75, 3.05) is 14.2 Å². The molecule has 0 aromatic heterocycles. The molecule has 2 saturated heterocycles. The van der Waals surface area contributed by atoms with Gasteiger partial charge < -0.3 is 28.1 Å². The SMILES string of the molecule is COC(=O)C1(C(=O)OC)C[C@H](CCCB2OC(C)(C)C(C)(C)O2)[C@@H](CB2OC(C)(C)C(C)(C)O2)C1. The molecular weight excluding hydrogens is 450 g/mol. The number of methoxy groups -OCH3 is 2. The molecule has 3 fully saturated rings. The average molecular weight is 494 g/mol. The predicted molar refractivity (Wildman–Crippen MR) is 134 cm³/mol. The minimum absolute atomic E-state index is 0.0428. The van der Waals surface area contributed by atoms with E-state index in [0.29, 0.717) is 19.2 Å². The van der Waals surface area contributed by atoms with Crippen molar-refractivity contribution in [1.29, 1.82) is 0 Å². The Balaban J connectivity index is 1.73. The maximum atomic E-state index is 12.9. The molecule has 1 saturated carbocycles. The molecule has 2 aliphatic heterocycles. The lowest BCUT2D eigenvalue weighted by molar-refractivity contribution is -0.169. The number of ether oxygens (including phenoxy) is 2. The van der Waals surface area contributed by atoms with Crippen molar-refractivity contribution in [3.63, 3.8) is 0 Å². The smallest absolute Gasteiger partial charge is 0.458 e. The molecule has 0 amide bonds. The highest BCUT2D eigenvalue weighted by molar-refractivity contribution is 6.46. The number of hydrogen-bond donors (Lipinski definition) is 0. The molecule has 0 N–H and O–H groups in total. The first-order chi connectivity index (χ1) is 16.0. The summed E-state index contributed by atoms with van der Waals surface area (Å²) in [5, 5.41) is 0. The Hall–Kier alpha value is -1.09. The van der Waals surface area contributed by atoms with E-state index >= 15 is 0 Å². The van der Waals surface area contributed by atoms with Gasteiger partial charge in [-0.3, -0.25) is 9.59 Å². The van der Waals surface area contributed by atoms with E-state index in [1.165, 1.54) is 14.2 Å². The minimum Gasteiger partial charge on any atom is -0.468 e. The molecule has 0 unspecified atom stereocenters. The Morgan fingerprint density at radius 3 is 1.54 bits per heavy atom. The zero-order valence-electron chi connectivity index (χ0n) is 23.3. The highest BCUT2D eigenvalue weighted by Gasteiger charge is 2.59. The fourth-order valence-corrected chi connectivity index (χ4v) is 5.67. The first-order valence-corrected chi connectivity index (χ1v) is 12.9. The second-order valence-electron chi connectivity index (χ2n) is 12.5. The Kier molecular flexibility index (Phi) is 7.86. The van der Waals surface area contributed by atoms with Crippen LogP contribution in [-0.4, -0.2) is 62.8 Å². The molecule has 1 aliphatic carbocycles. The monoisotopic (exact) mass is 494 g/mol. The van der Waals surface area contributed by atoms with Crippen molar-refractivity contribution in [3.8, 4) is 0 Å². The molecule has 0 bridgehead atoms. The van der Waals surface area contributed by atoms with Gasteiger partial charge in [-0.05, 0) is 92.7 Å². The number of carbonyl (C=O) groups excluding carboxylic acids is 2. The Morgan fingerprint density at radius 2 is 1.11 bits per heavy atom. The van der Waals surface area contributed by atoms with Gasteiger partial charge in [-0.1, -0.05) is 12.8 Å². The second kappa shape index (κ2) is 9.66. The summed E-state index contributed by atoms with van der Waals surface area (Å²) in [6, 6.07) is 0. The summed E-state index contributed by atoms with van der Waals surface area (Å²) in [6.45, 7) is 16.3. The number of rotatable bonds is 8. The van der Waals surface area contributed by atoms with Crippen molar-refractivity contribution in [3.05, 3.63) is 0 Å². The van der Waals surface area contributed by atoms with E-state index in [0.717, 1.165) is 19.2 Å². The highest BCUT2D eigenvalue weighted by Crippen LogP contribution is 2.52. The Bertz CT molecular complexity index is 761. The standard InChI is InChI=1S/C25H44B2O8/c1-21(2)22(3,4)33-26(32-21)13-11-12-17-14-25(19(28)30-9,20(29)31-10)15-18(17)16-27-34-23(5,6)24(7,8)35-27/h17-18H,11-16H2,1-10H3/t17-,18+/m0/s1. The van der Waals surface area contributed by atoms with Crippen LogP contribution in [0.3, 0.4) is 0 Å². The zero-order chi connectivity index (χ0) is 26.4. The maximum Gasteiger partial charge on any atom is 0.458 e. The van der Waals surface area contributed by atoms with E-state index < -0.39 is 35.7 Å². The largest absolute Gasteiger partial charge is 0.468 e. The van der Waals surface area contributed by atoms with Crippen LogP contribution in [0.2, 0.25) is 12.6 Å². The summed E-state index contributed by atoms with van der Waals surface area (Å²) in [5.41, 5.74) is -2.91. The number of esters is 2. The van der Waals surface area contributed by atoms with Crippen LogP contribution in [0.25, 0.3) is 0 Å². The van der Waals surface area contributed by atoms with E-state index in [1.54, 1.807) is 0 Å². The van der Waals surface area contributed by atoms with Crippen molar-refractivity contribution in [2.24, 2.45) is 17.3 Å². The van der Waals surface area contributed by atoms with Gasteiger partial charge in [0.1, 0.15) is 0 Å². The van der Waals surface area contributed by atoms with Crippen LogP contribution in [0.5, 0.6) is 0 Å². The summed E-state index contributed by atoms with van der Waals surface area (Å²) in [5.74, 6) is -0.913. The van der Waals surface area contributed by atoms with Gasteiger partial charge in [-0.2, -0.15) is 0 Å². The van der Waals surface area contributed by atoms with Crippen LogP contribution >= 0.6 is 0 Å². The summed E-state index contributed by atoms with van der Waals surface area (Å²) in [4.78, 5) is 25.7. The Labute approximate surface area is 211 Å². The fraction of sp³-hybridized carbons (Fsp3) is 0.920. The van der Waals surface area contributed by atoms with Crippen molar-refractivity contribution in [2.45, 2.75) is 116 Å². The number of carbonyl (C=O) groups is 2. The molecule has 2 atom stereocenters. The van der Waals surface area contributed by atoms with Crippen LogP contribution in [-0.2, 0) is 37.7 Å². The van der Waals surface area contributed by atoms with E-state index in [1.807, 2.05) is 55.4 Å². The lowest BCUT2D eigenvalue weighted by Crippen LogP contribution is -2.41. The van der Waals surface area contributed by atoms with Crippen LogP contribution in [0.1, 0.15) is 81.1 Å². The average Bonchev–Trinajstić information content (AvgIpc) is 3.27. The van der Waals surface area contributed by atoms with Gasteiger partial charge in [0.05, 0.1) is 36.6 Å². The summed E-state index contributed by atoms with van der Waals surface area (Å²) >= 11 is 0. The molecule has 0 radical (unpaired) electrons. The first kappa shape index (κ1) is 28.5. The molecule has 10 heteroatoms. The van der Waals surface area contributed by atoms with Gasteiger partial charge in [0, 0.05) is 0 Å². The third-order valence-corrected chi connectivity index (χ3v) is 9.15. The van der Waals surface area contributed by atoms with Gasteiger partial charge in [0.25, 0.3) is 0 Å². The van der Waals surface area contributed by atoms with Crippen LogP contribution in [0.4, 0.5) is 0 Å². The third-order valence-electron chi connectivity index (χ3n) is 9.15. The predicted octanol–water partition coefficient (Wildman–Crippen LogP) is 4.31. The molecular formula is C25H44B2O8. The molecule has 35 heavy (non-hydrogen) atoms. The van der Waals surface area contributed by atoms with Gasteiger partial charge in [0.2, 0.25) is 0 Å². The quantitative estimate of drug-likeness (QED) is 0.280. The van der Waals surface area contributed by atoms with Gasteiger partial charge in [0.15, 0.2) is 5.41 Å². The third kappa shape index (κ3) is 5.32. The van der Waals surface area contributed by atoms with E-state index in [-0.39, 0.29) is 30.2 Å². The maximum absolute atomic E-state index is 12.9. The number of hydrogen-bond acceptors (Lipinski definition) is 8. The summed E-state index contributed by atoms with van der Waals surface area (Å²) in [7, 11) is 1.97. The normalized spacial score (nSPS) is 29.9. The molecule has 3 rings (SSSR count). The molecule has 3 aliphatic rings. The molecule has 8 nitrogen and oxygen atoms in total. The Morgan fingerprint density at radius 1 is 0.714 bits per heavy atom. The van der Waals surface area contributed by atoms with Crippen molar-refractivity contribution in [1.82, 2.24) is 0 Å². The fourth-order valence-electron chi connectivity index (χ4n) is 5.67. The van der Waals surface area contributed by atoms with Gasteiger partial charge in [-0.25, -0.2) is 0 Å². The van der Waals surface area contributed by atoms with Crippen LogP contribution in [0.15, 0.2) is 0 Å². The van der Waals surface area contributed by atoms with Crippen molar-refractivity contribution >= 4 is 26.2 Å². The lowest BCUT2D eigenvalue weighted by Gasteiger charge is -2.32. The topological polar surface area (TPSA) is 89.5 Å². The summed E-state index contributed by atoms with van der Waals surface area (Å²) < 4.78 is 35.0. The van der Waals surface area contributed by atoms with Crippen LogP contribution < -0.4 is 0 Å². The van der Waals surface area contributed by atoms with Crippen molar-refractivity contribution < 1.29 is 37.7 Å². The first-order valence-electron chi connectivity index (χ1n) is 12.9. The van der Waals surface area contributed by atoms with Gasteiger partial charge in [-0.15, -0.1) is 0 Å². The van der Waals surface area contributed by atoms with E-state index in [4.69, 9.17) is 28.1 Å². The van der Waals surface area contributed by atoms with E-state index in [2.05, 4.69) is 0 Å². The highest BCUT2D eigenvalue weighted by atomic mass is 16.7. The zero-order valence-corrected chi connectivity index (χ0v) is 23.3. The lowest BCUT2D eigenvalue weighted by atomic mass is 9.71. The minimum atomic E-state index is -1.30. The van der Waals surface area contributed by atoms with Gasteiger partial charge >= 0.3 is 26.2 Å². The second-order valence-corrected chi connectivity index (χ2v) is 12.5. The molecule has 0 aromatic carbocycles. The molecule has 198 valence electrons. The molecule has 2 heterocycles. The molecule has 0 aromatic rings. The van der Waals surface area contributed by atoms with Crippen LogP contribution in [0, 0.1) is 17.3 Å². The molecule has 0 spiro atoms.